The molecule has 5 nitrogen and oxygen atoms in total. The van der Waals surface area contributed by atoms with Crippen molar-refractivity contribution in [1.82, 2.24) is 10.2 Å². The minimum absolute atomic E-state index is 0.123. The van der Waals surface area contributed by atoms with Gasteiger partial charge in [-0.25, -0.2) is 8.42 Å². The van der Waals surface area contributed by atoms with E-state index in [2.05, 4.69) is 5.32 Å². The fourth-order valence-electron chi connectivity index (χ4n) is 2.38. The third-order valence-corrected chi connectivity index (χ3v) is 4.67. The van der Waals surface area contributed by atoms with Crippen LogP contribution in [0.2, 0.25) is 0 Å². The molecule has 1 aromatic carbocycles. The molecule has 1 aromatic rings. The summed E-state index contributed by atoms with van der Waals surface area (Å²) in [7, 11) is -3.30. The second-order valence-corrected chi connectivity index (χ2v) is 7.76. The molecular weight excluding hydrogens is 276 g/mol. The number of hydrogen-bond acceptors (Lipinski definition) is 4. The van der Waals surface area contributed by atoms with Crippen LogP contribution in [0.25, 0.3) is 0 Å². The topological polar surface area (TPSA) is 66.5 Å². The molecule has 6 heteroatoms. The summed E-state index contributed by atoms with van der Waals surface area (Å²) in [5.74, 6) is -0.123. The van der Waals surface area contributed by atoms with Crippen LogP contribution >= 0.6 is 0 Å². The van der Waals surface area contributed by atoms with E-state index in [9.17, 15) is 13.2 Å². The van der Waals surface area contributed by atoms with Crippen LogP contribution in [0.5, 0.6) is 0 Å². The maximum atomic E-state index is 12.6. The van der Waals surface area contributed by atoms with Crippen molar-refractivity contribution in [1.29, 1.82) is 0 Å². The Balaban J connectivity index is 2.34. The Morgan fingerprint density at radius 3 is 2.65 bits per heavy atom. The van der Waals surface area contributed by atoms with Gasteiger partial charge in [0, 0.05) is 31.5 Å². The highest BCUT2D eigenvalue weighted by molar-refractivity contribution is 7.90. The first-order chi connectivity index (χ1) is 9.22. The van der Waals surface area contributed by atoms with Gasteiger partial charge in [-0.1, -0.05) is 6.07 Å². The number of carbonyl (C=O) groups is 1. The summed E-state index contributed by atoms with van der Waals surface area (Å²) in [5, 5.41) is 3.26. The predicted molar refractivity (Wildman–Crippen MR) is 77.5 cm³/mol. The first kappa shape index (κ1) is 15.0. The van der Waals surface area contributed by atoms with Gasteiger partial charge in [0.05, 0.1) is 10.4 Å². The van der Waals surface area contributed by atoms with Crippen LogP contribution in [0.3, 0.4) is 0 Å². The average molecular weight is 296 g/mol. The quantitative estimate of drug-likeness (QED) is 0.881. The zero-order valence-electron chi connectivity index (χ0n) is 12.0. The minimum Gasteiger partial charge on any atom is -0.331 e. The Morgan fingerprint density at radius 2 is 2.05 bits per heavy atom. The maximum absolute atomic E-state index is 12.6. The number of sulfone groups is 1. The lowest BCUT2D eigenvalue weighted by Crippen LogP contribution is -2.59. The van der Waals surface area contributed by atoms with Gasteiger partial charge in [0.1, 0.15) is 0 Å². The van der Waals surface area contributed by atoms with Crippen LogP contribution in [0.1, 0.15) is 24.2 Å². The zero-order valence-corrected chi connectivity index (χ0v) is 12.8. The number of piperazine rings is 1. The second-order valence-electron chi connectivity index (χ2n) is 5.75. The van der Waals surface area contributed by atoms with Crippen LogP contribution in [0.4, 0.5) is 0 Å². The number of nitrogens with zero attached hydrogens (tertiary/aromatic N) is 1. The summed E-state index contributed by atoms with van der Waals surface area (Å²) in [6.07, 6.45) is 1.14. The predicted octanol–water partition coefficient (Wildman–Crippen LogP) is 0.914. The summed E-state index contributed by atoms with van der Waals surface area (Å²) >= 11 is 0. The summed E-state index contributed by atoms with van der Waals surface area (Å²) in [6, 6.07) is 6.23. The average Bonchev–Trinajstić information content (AvgIpc) is 2.37. The molecule has 0 aromatic heterocycles. The van der Waals surface area contributed by atoms with Gasteiger partial charge in [-0.3, -0.25) is 4.79 Å². The van der Waals surface area contributed by atoms with Crippen molar-refractivity contribution >= 4 is 15.7 Å². The monoisotopic (exact) mass is 296 g/mol. The maximum Gasteiger partial charge on any atom is 0.254 e. The normalized spacial score (nSPS) is 18.9. The number of rotatable bonds is 2. The molecule has 0 saturated carbocycles. The summed E-state index contributed by atoms with van der Waals surface area (Å²) in [5.41, 5.74) is 0.138. The van der Waals surface area contributed by atoms with Gasteiger partial charge in [-0.15, -0.1) is 0 Å². The summed E-state index contributed by atoms with van der Waals surface area (Å²) in [6.45, 7) is 6.09. The molecule has 1 amide bonds. The van der Waals surface area contributed by atoms with E-state index in [1.165, 1.54) is 12.1 Å². The van der Waals surface area contributed by atoms with E-state index < -0.39 is 9.84 Å². The molecule has 1 saturated heterocycles. The van der Waals surface area contributed by atoms with Crippen LogP contribution in [-0.2, 0) is 9.84 Å². The van der Waals surface area contributed by atoms with Crippen LogP contribution < -0.4 is 5.32 Å². The smallest absolute Gasteiger partial charge is 0.254 e. The Labute approximate surface area is 119 Å². The first-order valence-electron chi connectivity index (χ1n) is 6.55. The lowest BCUT2D eigenvalue weighted by molar-refractivity contribution is 0.0477. The highest BCUT2D eigenvalue weighted by Crippen LogP contribution is 2.21. The molecule has 1 aliphatic heterocycles. The fourth-order valence-corrected chi connectivity index (χ4v) is 3.04. The number of carbonyl (C=O) groups excluding carboxylic acids is 1. The second kappa shape index (κ2) is 5.18. The number of amides is 1. The molecule has 0 aliphatic carbocycles. The van der Waals surface area contributed by atoms with Crippen molar-refractivity contribution in [3.63, 3.8) is 0 Å². The SMILES string of the molecule is CC1(C)CNCCN1C(=O)c1cccc(S(C)(=O)=O)c1. The highest BCUT2D eigenvalue weighted by Gasteiger charge is 2.33. The highest BCUT2D eigenvalue weighted by atomic mass is 32.2. The van der Waals surface area contributed by atoms with Crippen LogP contribution in [0, 0.1) is 0 Å². The Morgan fingerprint density at radius 1 is 1.35 bits per heavy atom. The van der Waals surface area contributed by atoms with E-state index in [1.54, 1.807) is 17.0 Å². The molecular formula is C14H20N2O3S. The Hall–Kier alpha value is -1.40. The van der Waals surface area contributed by atoms with Gasteiger partial charge < -0.3 is 10.2 Å². The van der Waals surface area contributed by atoms with Crippen molar-refractivity contribution < 1.29 is 13.2 Å². The van der Waals surface area contributed by atoms with Crippen LogP contribution in [-0.4, -0.2) is 50.7 Å². The number of benzene rings is 1. The van der Waals surface area contributed by atoms with E-state index in [1.807, 2.05) is 13.8 Å². The molecule has 1 aliphatic rings. The fraction of sp³-hybridized carbons (Fsp3) is 0.500. The third kappa shape index (κ3) is 3.02. The molecule has 0 unspecified atom stereocenters. The zero-order chi connectivity index (χ0) is 15.0. The van der Waals surface area contributed by atoms with E-state index in [0.29, 0.717) is 12.1 Å². The van der Waals surface area contributed by atoms with Crippen LogP contribution in [0.15, 0.2) is 29.2 Å². The van der Waals surface area contributed by atoms with Crippen molar-refractivity contribution in [2.24, 2.45) is 0 Å². The molecule has 0 atom stereocenters. The molecule has 1 fully saturated rings. The standard InChI is InChI=1S/C14H20N2O3S/c1-14(2)10-15-7-8-16(14)13(17)11-5-4-6-12(9-11)20(3,18)19/h4-6,9,15H,7-8,10H2,1-3H3. The van der Waals surface area contributed by atoms with Crippen molar-refractivity contribution in [2.75, 3.05) is 25.9 Å². The molecule has 0 radical (unpaired) electrons. The Kier molecular flexibility index (Phi) is 3.88. The molecule has 110 valence electrons. The molecule has 20 heavy (non-hydrogen) atoms. The van der Waals surface area contributed by atoms with Gasteiger partial charge in [-0.05, 0) is 32.0 Å². The van der Waals surface area contributed by atoms with E-state index >= 15 is 0 Å². The molecule has 1 heterocycles. The van der Waals surface area contributed by atoms with Gasteiger partial charge in [-0.2, -0.15) is 0 Å². The number of nitrogens with one attached hydrogen (secondary N) is 1. The Bertz CT molecular complexity index is 623. The van der Waals surface area contributed by atoms with E-state index in [0.717, 1.165) is 19.3 Å². The van der Waals surface area contributed by atoms with E-state index in [4.69, 9.17) is 0 Å². The molecule has 1 N–H and O–H groups in total. The number of hydrogen-bond donors (Lipinski definition) is 1. The first-order valence-corrected chi connectivity index (χ1v) is 8.44. The van der Waals surface area contributed by atoms with Crippen molar-refractivity contribution in [3.8, 4) is 0 Å². The van der Waals surface area contributed by atoms with Gasteiger partial charge in [0.2, 0.25) is 0 Å². The van der Waals surface area contributed by atoms with Gasteiger partial charge >= 0.3 is 0 Å². The molecule has 0 bridgehead atoms. The van der Waals surface area contributed by atoms with E-state index in [-0.39, 0.29) is 16.3 Å². The molecule has 2 rings (SSSR count). The van der Waals surface area contributed by atoms with Crippen molar-refractivity contribution in [3.05, 3.63) is 29.8 Å². The largest absolute Gasteiger partial charge is 0.331 e. The third-order valence-electron chi connectivity index (χ3n) is 3.55. The van der Waals surface area contributed by atoms with Gasteiger partial charge in [0.25, 0.3) is 5.91 Å². The van der Waals surface area contributed by atoms with Crippen molar-refractivity contribution in [2.45, 2.75) is 24.3 Å². The summed E-state index contributed by atoms with van der Waals surface area (Å²) in [4.78, 5) is 14.6. The lowest BCUT2D eigenvalue weighted by atomic mass is 9.99. The van der Waals surface area contributed by atoms with Gasteiger partial charge in [0.15, 0.2) is 9.84 Å². The molecule has 0 spiro atoms. The summed E-state index contributed by atoms with van der Waals surface area (Å²) < 4.78 is 23.2. The minimum atomic E-state index is -3.30. The lowest BCUT2D eigenvalue weighted by Gasteiger charge is -2.42.